The van der Waals surface area contributed by atoms with Crippen molar-refractivity contribution in [1.82, 2.24) is 0 Å². The van der Waals surface area contributed by atoms with E-state index >= 15 is 0 Å². The third-order valence-corrected chi connectivity index (χ3v) is 14.5. The van der Waals surface area contributed by atoms with Crippen LogP contribution < -0.4 is 9.80 Å². The van der Waals surface area contributed by atoms with Gasteiger partial charge in [0.25, 0.3) is 0 Å². The first-order valence-corrected chi connectivity index (χ1v) is 23.4. The lowest BCUT2D eigenvalue weighted by molar-refractivity contribution is 0.627. The first-order valence-electron chi connectivity index (χ1n) is 23.4. The fraction of sp³-hybridized carbons (Fsp3) is 0.0938. The van der Waals surface area contributed by atoms with Gasteiger partial charge in [0.15, 0.2) is 0 Å². The first kappa shape index (κ1) is 41.4. The standard InChI is InChI=1S/C64H48F2N2/c1-63(2)55-37-49(67(45-17-9-5-10-18-45)46-19-11-6-12-20-46)33-35-51(55)61-57(63)39-53-54(59(61)41-25-29-43(65)30-26-41)40-58-62(60(53)42-27-31-44(66)32-28-42)52-36-34-50(38-56(52)64(58,3)4)68(47-21-13-7-14-22-47)48-23-15-8-16-24-48/h5-40H,1-4H3. The maximum atomic E-state index is 15.0. The summed E-state index contributed by atoms with van der Waals surface area (Å²) in [7, 11) is 0. The van der Waals surface area contributed by atoms with Gasteiger partial charge in [-0.2, -0.15) is 0 Å². The van der Waals surface area contributed by atoms with Gasteiger partial charge in [-0.05, 0) is 187 Å². The highest BCUT2D eigenvalue weighted by molar-refractivity contribution is 6.17. The largest absolute Gasteiger partial charge is 0.310 e. The second-order valence-corrected chi connectivity index (χ2v) is 19.2. The SMILES string of the molecule is CC1(C)c2cc(N(c3ccccc3)c3ccccc3)ccc2-c2c1cc1c(-c3ccc(F)cc3)c3c(cc1c2-c1ccc(F)cc1)C(C)(C)c1cc(N(c2ccccc2)c2ccccc2)ccc1-3. The number of rotatable bonds is 8. The van der Waals surface area contributed by atoms with E-state index in [1.807, 2.05) is 24.3 Å². The number of anilines is 6. The molecule has 0 N–H and O–H groups in total. The van der Waals surface area contributed by atoms with Crippen LogP contribution in [0.1, 0.15) is 49.9 Å². The molecule has 4 heteroatoms. The van der Waals surface area contributed by atoms with E-state index in [1.165, 1.54) is 22.3 Å². The highest BCUT2D eigenvalue weighted by Gasteiger charge is 2.42. The molecule has 0 amide bonds. The average Bonchev–Trinajstić information content (AvgIpc) is 3.73. The van der Waals surface area contributed by atoms with Gasteiger partial charge in [0.05, 0.1) is 0 Å². The first-order chi connectivity index (χ1) is 33.1. The number of para-hydroxylation sites is 4. The summed E-state index contributed by atoms with van der Waals surface area (Å²) in [5, 5.41) is 2.15. The molecule has 10 aromatic rings. The molecule has 0 spiro atoms. The number of halogens is 2. The lowest BCUT2D eigenvalue weighted by Crippen LogP contribution is -2.17. The predicted octanol–water partition coefficient (Wildman–Crippen LogP) is 18.0. The van der Waals surface area contributed by atoms with Crippen LogP contribution in [-0.2, 0) is 10.8 Å². The van der Waals surface area contributed by atoms with E-state index in [0.717, 1.165) is 89.4 Å². The molecule has 328 valence electrons. The Labute approximate surface area is 397 Å². The number of benzene rings is 10. The fourth-order valence-electron chi connectivity index (χ4n) is 11.2. The average molecular weight is 883 g/mol. The molecule has 2 aliphatic rings. The summed E-state index contributed by atoms with van der Waals surface area (Å²) >= 11 is 0. The monoisotopic (exact) mass is 882 g/mol. The summed E-state index contributed by atoms with van der Waals surface area (Å²) in [6.45, 7) is 9.31. The van der Waals surface area contributed by atoms with E-state index in [4.69, 9.17) is 0 Å². The topological polar surface area (TPSA) is 6.48 Å². The minimum atomic E-state index is -0.438. The maximum Gasteiger partial charge on any atom is 0.123 e. The summed E-state index contributed by atoms with van der Waals surface area (Å²) in [4.78, 5) is 4.63. The Balaban J connectivity index is 1.13. The molecule has 0 aliphatic heterocycles. The highest BCUT2D eigenvalue weighted by Crippen LogP contribution is 2.60. The van der Waals surface area contributed by atoms with E-state index in [2.05, 4.69) is 207 Å². The molecule has 2 nitrogen and oxygen atoms in total. The Morgan fingerprint density at radius 2 is 0.603 bits per heavy atom. The van der Waals surface area contributed by atoms with E-state index < -0.39 is 10.8 Å². The molecule has 2 aliphatic carbocycles. The Morgan fingerprint density at radius 3 is 0.912 bits per heavy atom. The lowest BCUT2D eigenvalue weighted by atomic mass is 9.76. The molecule has 0 fully saturated rings. The van der Waals surface area contributed by atoms with Gasteiger partial charge in [0.1, 0.15) is 11.6 Å². The van der Waals surface area contributed by atoms with Gasteiger partial charge in [-0.15, -0.1) is 0 Å². The van der Waals surface area contributed by atoms with Crippen LogP contribution in [0.3, 0.4) is 0 Å². The summed E-state index contributed by atoms with van der Waals surface area (Å²) in [6.07, 6.45) is 0. The molecule has 0 heterocycles. The van der Waals surface area contributed by atoms with Crippen molar-refractivity contribution < 1.29 is 8.78 Å². The molecule has 0 bridgehead atoms. The van der Waals surface area contributed by atoms with Crippen molar-refractivity contribution in [3.05, 3.63) is 252 Å². The predicted molar refractivity (Wildman–Crippen MR) is 279 cm³/mol. The van der Waals surface area contributed by atoms with Crippen LogP contribution in [0.4, 0.5) is 42.9 Å². The van der Waals surface area contributed by atoms with Crippen LogP contribution in [0.5, 0.6) is 0 Å². The van der Waals surface area contributed by atoms with E-state index in [1.54, 1.807) is 24.3 Å². The van der Waals surface area contributed by atoms with Crippen LogP contribution in [0, 0.1) is 11.6 Å². The summed E-state index contributed by atoms with van der Waals surface area (Å²) < 4.78 is 29.9. The zero-order valence-corrected chi connectivity index (χ0v) is 38.4. The molecule has 0 unspecified atom stereocenters. The van der Waals surface area contributed by atoms with E-state index in [-0.39, 0.29) is 11.6 Å². The number of fused-ring (bicyclic) bond motifs is 7. The third kappa shape index (κ3) is 6.50. The number of nitrogens with zero attached hydrogens (tertiary/aromatic N) is 2. The van der Waals surface area contributed by atoms with Crippen molar-refractivity contribution in [2.45, 2.75) is 38.5 Å². The van der Waals surface area contributed by atoms with Gasteiger partial charge >= 0.3 is 0 Å². The minimum absolute atomic E-state index is 0.279. The van der Waals surface area contributed by atoms with Crippen LogP contribution in [0.25, 0.3) is 55.3 Å². The molecule has 68 heavy (non-hydrogen) atoms. The third-order valence-electron chi connectivity index (χ3n) is 14.5. The highest BCUT2D eigenvalue weighted by atomic mass is 19.1. The van der Waals surface area contributed by atoms with Gasteiger partial charge < -0.3 is 9.80 Å². The van der Waals surface area contributed by atoms with Crippen LogP contribution in [0.2, 0.25) is 0 Å². The Hall–Kier alpha value is -8.08. The van der Waals surface area contributed by atoms with Gasteiger partial charge in [-0.25, -0.2) is 8.78 Å². The smallest absolute Gasteiger partial charge is 0.123 e. The van der Waals surface area contributed by atoms with Crippen LogP contribution in [0.15, 0.2) is 218 Å². The normalized spacial score (nSPS) is 13.7. The molecule has 0 radical (unpaired) electrons. The van der Waals surface area contributed by atoms with Crippen molar-refractivity contribution in [1.29, 1.82) is 0 Å². The van der Waals surface area contributed by atoms with Crippen molar-refractivity contribution in [2.24, 2.45) is 0 Å². The van der Waals surface area contributed by atoms with Gasteiger partial charge in [-0.3, -0.25) is 0 Å². The van der Waals surface area contributed by atoms with Gasteiger partial charge in [-0.1, -0.05) is 137 Å². The van der Waals surface area contributed by atoms with Crippen molar-refractivity contribution in [3.63, 3.8) is 0 Å². The second-order valence-electron chi connectivity index (χ2n) is 19.2. The molecule has 12 rings (SSSR count). The zero-order valence-electron chi connectivity index (χ0n) is 38.4. The summed E-state index contributed by atoms with van der Waals surface area (Å²) in [5.74, 6) is -0.559. The molecule has 0 aromatic heterocycles. The minimum Gasteiger partial charge on any atom is -0.310 e. The molecule has 0 atom stereocenters. The second kappa shape index (κ2) is 15.8. The summed E-state index contributed by atoms with van der Waals surface area (Å²) in [6, 6.07) is 74.7. The van der Waals surface area contributed by atoms with Gasteiger partial charge in [0.2, 0.25) is 0 Å². The molecule has 0 saturated heterocycles. The molecular formula is C64H48F2N2. The van der Waals surface area contributed by atoms with Crippen LogP contribution in [-0.4, -0.2) is 0 Å². The van der Waals surface area contributed by atoms with E-state index in [0.29, 0.717) is 0 Å². The van der Waals surface area contributed by atoms with Crippen molar-refractivity contribution >= 4 is 44.9 Å². The van der Waals surface area contributed by atoms with E-state index in [9.17, 15) is 8.78 Å². The van der Waals surface area contributed by atoms with Crippen molar-refractivity contribution in [3.8, 4) is 44.5 Å². The molecule has 10 aromatic carbocycles. The maximum absolute atomic E-state index is 15.0. The number of hydrogen-bond acceptors (Lipinski definition) is 2. The summed E-state index contributed by atoms with van der Waals surface area (Å²) in [5.41, 5.74) is 19.0. The van der Waals surface area contributed by atoms with Gasteiger partial charge in [0, 0.05) is 45.0 Å². The molecular weight excluding hydrogens is 835 g/mol. The lowest BCUT2D eigenvalue weighted by Gasteiger charge is -2.28. The fourth-order valence-corrected chi connectivity index (χ4v) is 11.2. The zero-order chi connectivity index (χ0) is 46.3. The quantitative estimate of drug-likeness (QED) is 0.150. The van der Waals surface area contributed by atoms with Crippen LogP contribution >= 0.6 is 0 Å². The number of hydrogen-bond donors (Lipinski definition) is 0. The Bertz CT molecular complexity index is 3230. The Morgan fingerprint density at radius 1 is 0.294 bits per heavy atom. The molecule has 0 saturated carbocycles. The van der Waals surface area contributed by atoms with Crippen molar-refractivity contribution in [2.75, 3.05) is 9.80 Å². The Kier molecular flexibility index (Phi) is 9.60.